The third-order valence-electron chi connectivity index (χ3n) is 2.88. The lowest BCUT2D eigenvalue weighted by Crippen LogP contribution is -2.09. The SMILES string of the molecule is Cn1nc(Cc2ccccc2C(F)(F)F)cc1CO. The molecule has 0 bridgehead atoms. The highest BCUT2D eigenvalue weighted by molar-refractivity contribution is 5.33. The first-order valence-electron chi connectivity index (χ1n) is 5.69. The molecule has 1 aromatic carbocycles. The number of aryl methyl sites for hydroxylation is 1. The van der Waals surface area contributed by atoms with Crippen molar-refractivity contribution in [3.63, 3.8) is 0 Å². The van der Waals surface area contributed by atoms with E-state index in [1.807, 2.05) is 0 Å². The first-order valence-corrected chi connectivity index (χ1v) is 5.69. The average molecular weight is 270 g/mol. The van der Waals surface area contributed by atoms with E-state index in [2.05, 4.69) is 5.10 Å². The highest BCUT2D eigenvalue weighted by Crippen LogP contribution is 2.32. The number of alkyl halides is 3. The van der Waals surface area contributed by atoms with Crippen LogP contribution >= 0.6 is 0 Å². The topological polar surface area (TPSA) is 38.0 Å². The number of aliphatic hydroxyl groups excluding tert-OH is 1. The molecule has 0 aliphatic carbocycles. The molecule has 2 aromatic rings. The first-order chi connectivity index (χ1) is 8.91. The quantitative estimate of drug-likeness (QED) is 0.930. The zero-order valence-electron chi connectivity index (χ0n) is 10.3. The molecule has 3 nitrogen and oxygen atoms in total. The number of hydrogen-bond donors (Lipinski definition) is 1. The van der Waals surface area contributed by atoms with Crippen LogP contribution in [0.1, 0.15) is 22.5 Å². The Labute approximate surface area is 108 Å². The Morgan fingerprint density at radius 2 is 1.95 bits per heavy atom. The molecule has 0 aliphatic rings. The van der Waals surface area contributed by atoms with Gasteiger partial charge in [0.25, 0.3) is 0 Å². The molecule has 0 aliphatic heterocycles. The fourth-order valence-corrected chi connectivity index (χ4v) is 1.95. The molecule has 0 spiro atoms. The summed E-state index contributed by atoms with van der Waals surface area (Å²) in [7, 11) is 1.64. The van der Waals surface area contributed by atoms with Crippen molar-refractivity contribution in [2.45, 2.75) is 19.2 Å². The predicted octanol–water partition coefficient (Wildman–Crippen LogP) is 2.52. The molecule has 0 amide bonds. The van der Waals surface area contributed by atoms with Gasteiger partial charge in [0.2, 0.25) is 0 Å². The van der Waals surface area contributed by atoms with Gasteiger partial charge in [-0.3, -0.25) is 4.68 Å². The van der Waals surface area contributed by atoms with Crippen LogP contribution in [0.5, 0.6) is 0 Å². The van der Waals surface area contributed by atoms with Crippen LogP contribution in [0, 0.1) is 0 Å². The van der Waals surface area contributed by atoms with E-state index in [0.717, 1.165) is 6.07 Å². The molecule has 102 valence electrons. The van der Waals surface area contributed by atoms with Crippen molar-refractivity contribution in [3.05, 3.63) is 52.8 Å². The van der Waals surface area contributed by atoms with Crippen molar-refractivity contribution in [2.75, 3.05) is 0 Å². The van der Waals surface area contributed by atoms with Crippen LogP contribution in [0.4, 0.5) is 13.2 Å². The van der Waals surface area contributed by atoms with Crippen molar-refractivity contribution >= 4 is 0 Å². The van der Waals surface area contributed by atoms with Crippen LogP contribution in [0.25, 0.3) is 0 Å². The Morgan fingerprint density at radius 1 is 1.26 bits per heavy atom. The van der Waals surface area contributed by atoms with E-state index >= 15 is 0 Å². The Morgan fingerprint density at radius 3 is 2.53 bits per heavy atom. The van der Waals surface area contributed by atoms with Gasteiger partial charge in [-0.05, 0) is 17.7 Å². The van der Waals surface area contributed by atoms with Crippen molar-refractivity contribution in [1.29, 1.82) is 0 Å². The second-order valence-corrected chi connectivity index (χ2v) is 4.24. The van der Waals surface area contributed by atoms with E-state index in [-0.39, 0.29) is 18.6 Å². The number of aromatic nitrogens is 2. The summed E-state index contributed by atoms with van der Waals surface area (Å²) in [5, 5.41) is 13.1. The van der Waals surface area contributed by atoms with E-state index in [4.69, 9.17) is 5.11 Å². The molecular formula is C13H13F3N2O. The van der Waals surface area contributed by atoms with Gasteiger partial charge in [-0.2, -0.15) is 18.3 Å². The molecule has 1 N–H and O–H groups in total. The van der Waals surface area contributed by atoms with Gasteiger partial charge in [0.15, 0.2) is 0 Å². The molecule has 0 fully saturated rings. The minimum atomic E-state index is -4.37. The Balaban J connectivity index is 2.33. The van der Waals surface area contributed by atoms with Crippen LogP contribution < -0.4 is 0 Å². The summed E-state index contributed by atoms with van der Waals surface area (Å²) in [6.07, 6.45) is -4.28. The molecular weight excluding hydrogens is 257 g/mol. The third kappa shape index (κ3) is 2.96. The van der Waals surface area contributed by atoms with Gasteiger partial charge in [0.05, 0.1) is 23.6 Å². The fraction of sp³-hybridized carbons (Fsp3) is 0.308. The number of halogens is 3. The Bertz CT molecular complexity index is 576. The maximum Gasteiger partial charge on any atom is 0.416 e. The van der Waals surface area contributed by atoms with Crippen LogP contribution in [0.3, 0.4) is 0 Å². The molecule has 0 unspecified atom stereocenters. The minimum absolute atomic E-state index is 0.0868. The fourth-order valence-electron chi connectivity index (χ4n) is 1.95. The first kappa shape index (κ1) is 13.6. The molecule has 19 heavy (non-hydrogen) atoms. The summed E-state index contributed by atoms with van der Waals surface area (Å²) in [5.74, 6) is 0. The number of rotatable bonds is 3. The van der Waals surface area contributed by atoms with Gasteiger partial charge >= 0.3 is 6.18 Å². The summed E-state index contributed by atoms with van der Waals surface area (Å²) in [6.45, 7) is -0.190. The lowest BCUT2D eigenvalue weighted by Gasteiger charge is -2.11. The van der Waals surface area contributed by atoms with Crippen molar-refractivity contribution in [1.82, 2.24) is 9.78 Å². The number of aliphatic hydroxyl groups is 1. The van der Waals surface area contributed by atoms with Crippen LogP contribution in [-0.4, -0.2) is 14.9 Å². The zero-order valence-corrected chi connectivity index (χ0v) is 10.3. The molecule has 0 saturated heterocycles. The van der Waals surface area contributed by atoms with Crippen molar-refractivity contribution in [2.24, 2.45) is 7.05 Å². The monoisotopic (exact) mass is 270 g/mol. The molecule has 0 radical (unpaired) electrons. The predicted molar refractivity (Wildman–Crippen MR) is 63.4 cm³/mol. The normalized spacial score (nSPS) is 11.8. The minimum Gasteiger partial charge on any atom is -0.390 e. The van der Waals surface area contributed by atoms with Gasteiger partial charge in [0.1, 0.15) is 0 Å². The Kier molecular flexibility index (Phi) is 3.61. The van der Waals surface area contributed by atoms with Crippen LogP contribution in [0.15, 0.2) is 30.3 Å². The molecule has 6 heteroatoms. The van der Waals surface area contributed by atoms with E-state index < -0.39 is 11.7 Å². The summed E-state index contributed by atoms with van der Waals surface area (Å²) in [6, 6.07) is 7.04. The van der Waals surface area contributed by atoms with Crippen LogP contribution in [0.2, 0.25) is 0 Å². The van der Waals surface area contributed by atoms with Gasteiger partial charge in [0, 0.05) is 13.5 Å². The largest absolute Gasteiger partial charge is 0.416 e. The summed E-state index contributed by atoms with van der Waals surface area (Å²) >= 11 is 0. The number of hydrogen-bond acceptors (Lipinski definition) is 2. The lowest BCUT2D eigenvalue weighted by molar-refractivity contribution is -0.138. The van der Waals surface area contributed by atoms with Gasteiger partial charge in [-0.1, -0.05) is 18.2 Å². The lowest BCUT2D eigenvalue weighted by atomic mass is 10.0. The smallest absolute Gasteiger partial charge is 0.390 e. The average Bonchev–Trinajstić information content (AvgIpc) is 2.69. The van der Waals surface area contributed by atoms with Gasteiger partial charge in [-0.15, -0.1) is 0 Å². The summed E-state index contributed by atoms with van der Waals surface area (Å²) in [5.41, 5.74) is 0.603. The summed E-state index contributed by atoms with van der Waals surface area (Å²) < 4.78 is 40.0. The van der Waals surface area contributed by atoms with E-state index in [9.17, 15) is 13.2 Å². The number of benzene rings is 1. The molecule has 1 heterocycles. The van der Waals surface area contributed by atoms with Crippen LogP contribution in [-0.2, 0) is 26.3 Å². The van der Waals surface area contributed by atoms with E-state index in [1.54, 1.807) is 19.2 Å². The maximum absolute atomic E-state index is 12.8. The molecule has 2 rings (SSSR count). The molecule has 1 aromatic heterocycles. The third-order valence-corrected chi connectivity index (χ3v) is 2.88. The molecule has 0 atom stereocenters. The van der Waals surface area contributed by atoms with E-state index in [0.29, 0.717) is 11.4 Å². The van der Waals surface area contributed by atoms with E-state index in [1.165, 1.54) is 16.8 Å². The van der Waals surface area contributed by atoms with Gasteiger partial charge in [-0.25, -0.2) is 0 Å². The standard InChI is InChI=1S/C13H13F3N2O/c1-18-11(8-19)7-10(17-18)6-9-4-2-3-5-12(9)13(14,15)16/h2-5,7,19H,6,8H2,1H3. The highest BCUT2D eigenvalue weighted by atomic mass is 19.4. The molecule has 0 saturated carbocycles. The van der Waals surface area contributed by atoms with Gasteiger partial charge < -0.3 is 5.11 Å². The number of nitrogens with zero attached hydrogens (tertiary/aromatic N) is 2. The van der Waals surface area contributed by atoms with Crippen molar-refractivity contribution in [3.8, 4) is 0 Å². The highest BCUT2D eigenvalue weighted by Gasteiger charge is 2.32. The summed E-state index contributed by atoms with van der Waals surface area (Å²) in [4.78, 5) is 0. The second-order valence-electron chi connectivity index (χ2n) is 4.24. The van der Waals surface area contributed by atoms with Crippen molar-refractivity contribution < 1.29 is 18.3 Å². The maximum atomic E-state index is 12.8. The zero-order chi connectivity index (χ0) is 14.0. The Hall–Kier alpha value is -1.82. The second kappa shape index (κ2) is 5.05.